The highest BCUT2D eigenvalue weighted by Crippen LogP contribution is 2.17. The van der Waals surface area contributed by atoms with E-state index in [4.69, 9.17) is 0 Å². The van der Waals surface area contributed by atoms with Crippen molar-refractivity contribution in [1.82, 2.24) is 4.90 Å². The van der Waals surface area contributed by atoms with Gasteiger partial charge >= 0.3 is 0 Å². The van der Waals surface area contributed by atoms with Gasteiger partial charge in [0.1, 0.15) is 0 Å². The molecule has 0 bridgehead atoms. The summed E-state index contributed by atoms with van der Waals surface area (Å²) in [5, 5.41) is 0. The fourth-order valence-corrected chi connectivity index (χ4v) is 2.29. The molecule has 0 aromatic heterocycles. The van der Waals surface area contributed by atoms with Gasteiger partial charge in [-0.05, 0) is 43.5 Å². The molecule has 1 heteroatoms. The van der Waals surface area contributed by atoms with Crippen LogP contribution in [0.5, 0.6) is 0 Å². The van der Waals surface area contributed by atoms with Crippen LogP contribution in [-0.4, -0.2) is 24.5 Å². The standard InChI is InChI=1S/C15H21N/c1-14(15-8-4-2-5-9-15)10-13-16-11-6-3-7-12-16/h2,4-5,8-9H,1,3,6-7,10-13H2. The zero-order chi connectivity index (χ0) is 11.2. The minimum Gasteiger partial charge on any atom is -0.303 e. The first kappa shape index (κ1) is 11.4. The van der Waals surface area contributed by atoms with E-state index in [-0.39, 0.29) is 0 Å². The van der Waals surface area contributed by atoms with Crippen LogP contribution in [0.4, 0.5) is 0 Å². The number of hydrogen-bond acceptors (Lipinski definition) is 1. The second-order valence-electron chi connectivity index (χ2n) is 4.62. The maximum Gasteiger partial charge on any atom is 0.00218 e. The van der Waals surface area contributed by atoms with E-state index >= 15 is 0 Å². The first-order valence-electron chi connectivity index (χ1n) is 6.32. The van der Waals surface area contributed by atoms with Crippen LogP contribution in [0.1, 0.15) is 31.2 Å². The molecule has 1 aromatic carbocycles. The number of likely N-dealkylation sites (tertiary alicyclic amines) is 1. The van der Waals surface area contributed by atoms with Crippen molar-refractivity contribution in [1.29, 1.82) is 0 Å². The van der Waals surface area contributed by atoms with Crippen LogP contribution < -0.4 is 0 Å². The molecule has 0 saturated carbocycles. The zero-order valence-corrected chi connectivity index (χ0v) is 9.99. The maximum atomic E-state index is 4.18. The molecular weight excluding hydrogens is 194 g/mol. The zero-order valence-electron chi connectivity index (χ0n) is 9.99. The molecule has 0 atom stereocenters. The van der Waals surface area contributed by atoms with Gasteiger partial charge in [-0.25, -0.2) is 0 Å². The summed E-state index contributed by atoms with van der Waals surface area (Å²) < 4.78 is 0. The molecule has 0 spiro atoms. The van der Waals surface area contributed by atoms with E-state index in [9.17, 15) is 0 Å². The molecule has 1 aliphatic rings. The van der Waals surface area contributed by atoms with Gasteiger partial charge in [0, 0.05) is 6.54 Å². The summed E-state index contributed by atoms with van der Waals surface area (Å²) in [6.07, 6.45) is 5.26. The molecule has 0 N–H and O–H groups in total. The van der Waals surface area contributed by atoms with E-state index in [0.29, 0.717) is 0 Å². The molecule has 1 aliphatic heterocycles. The third-order valence-corrected chi connectivity index (χ3v) is 3.36. The van der Waals surface area contributed by atoms with Crippen LogP contribution in [0.25, 0.3) is 5.57 Å². The van der Waals surface area contributed by atoms with Crippen LogP contribution in [0, 0.1) is 0 Å². The lowest BCUT2D eigenvalue weighted by molar-refractivity contribution is 0.234. The molecule has 86 valence electrons. The number of hydrogen-bond donors (Lipinski definition) is 0. The summed E-state index contributed by atoms with van der Waals surface area (Å²) in [6.45, 7) is 7.92. The number of nitrogens with zero attached hydrogens (tertiary/aromatic N) is 1. The smallest absolute Gasteiger partial charge is 0.00218 e. The van der Waals surface area contributed by atoms with Crippen molar-refractivity contribution in [3.63, 3.8) is 0 Å². The van der Waals surface area contributed by atoms with Gasteiger partial charge in [-0.1, -0.05) is 43.3 Å². The highest BCUT2D eigenvalue weighted by Gasteiger charge is 2.09. The van der Waals surface area contributed by atoms with Crippen molar-refractivity contribution in [3.8, 4) is 0 Å². The summed E-state index contributed by atoms with van der Waals surface area (Å²) in [6, 6.07) is 10.5. The second kappa shape index (κ2) is 5.86. The molecule has 1 nitrogen and oxygen atoms in total. The highest BCUT2D eigenvalue weighted by atomic mass is 15.1. The third-order valence-electron chi connectivity index (χ3n) is 3.36. The van der Waals surface area contributed by atoms with Gasteiger partial charge in [-0.15, -0.1) is 0 Å². The van der Waals surface area contributed by atoms with Gasteiger partial charge in [0.25, 0.3) is 0 Å². The van der Waals surface area contributed by atoms with Crippen LogP contribution in [0.15, 0.2) is 36.9 Å². The summed E-state index contributed by atoms with van der Waals surface area (Å²) in [4.78, 5) is 2.57. The second-order valence-corrected chi connectivity index (χ2v) is 4.62. The fourth-order valence-electron chi connectivity index (χ4n) is 2.29. The molecule has 1 fully saturated rings. The molecule has 0 unspecified atom stereocenters. The van der Waals surface area contributed by atoms with Gasteiger partial charge in [0.05, 0.1) is 0 Å². The van der Waals surface area contributed by atoms with Crippen molar-refractivity contribution in [2.75, 3.05) is 19.6 Å². The molecule has 1 aromatic rings. The van der Waals surface area contributed by atoms with Gasteiger partial charge < -0.3 is 4.90 Å². The van der Waals surface area contributed by atoms with E-state index in [0.717, 1.165) is 6.42 Å². The molecule has 1 heterocycles. The number of benzene rings is 1. The van der Waals surface area contributed by atoms with E-state index in [2.05, 4.69) is 41.8 Å². The Hall–Kier alpha value is -1.08. The normalized spacial score (nSPS) is 17.2. The molecule has 2 rings (SSSR count). The summed E-state index contributed by atoms with van der Waals surface area (Å²) in [5.41, 5.74) is 2.56. The summed E-state index contributed by atoms with van der Waals surface area (Å²) >= 11 is 0. The maximum absolute atomic E-state index is 4.18. The van der Waals surface area contributed by atoms with Gasteiger partial charge in [0.15, 0.2) is 0 Å². The lowest BCUT2D eigenvalue weighted by Crippen LogP contribution is -2.30. The molecule has 0 aliphatic carbocycles. The minimum absolute atomic E-state index is 1.10. The Labute approximate surface area is 98.8 Å². The third kappa shape index (κ3) is 3.21. The average molecular weight is 215 g/mol. The van der Waals surface area contributed by atoms with Gasteiger partial charge in [-0.3, -0.25) is 0 Å². The largest absolute Gasteiger partial charge is 0.303 e. The van der Waals surface area contributed by atoms with E-state index in [1.165, 1.54) is 50.0 Å². The average Bonchev–Trinajstić information content (AvgIpc) is 2.38. The van der Waals surface area contributed by atoms with Crippen molar-refractivity contribution in [3.05, 3.63) is 42.5 Å². The van der Waals surface area contributed by atoms with Gasteiger partial charge in [0.2, 0.25) is 0 Å². The van der Waals surface area contributed by atoms with Crippen molar-refractivity contribution in [2.45, 2.75) is 25.7 Å². The Morgan fingerprint density at radius 1 is 1.06 bits per heavy atom. The lowest BCUT2D eigenvalue weighted by atomic mass is 10.0. The predicted octanol–water partition coefficient (Wildman–Crippen LogP) is 3.58. The van der Waals surface area contributed by atoms with E-state index in [1.54, 1.807) is 0 Å². The topological polar surface area (TPSA) is 3.24 Å². The fraction of sp³-hybridized carbons (Fsp3) is 0.467. The minimum atomic E-state index is 1.10. The number of rotatable bonds is 4. The predicted molar refractivity (Wildman–Crippen MR) is 70.4 cm³/mol. The lowest BCUT2D eigenvalue weighted by Gasteiger charge is -2.26. The monoisotopic (exact) mass is 215 g/mol. The molecule has 16 heavy (non-hydrogen) atoms. The molecular formula is C15H21N. The highest BCUT2D eigenvalue weighted by molar-refractivity contribution is 5.63. The quantitative estimate of drug-likeness (QED) is 0.742. The van der Waals surface area contributed by atoms with Gasteiger partial charge in [-0.2, -0.15) is 0 Å². The van der Waals surface area contributed by atoms with Crippen molar-refractivity contribution >= 4 is 5.57 Å². The first-order chi connectivity index (χ1) is 7.86. The first-order valence-corrected chi connectivity index (χ1v) is 6.32. The summed E-state index contributed by atoms with van der Waals surface area (Å²) in [5.74, 6) is 0. The molecule has 1 saturated heterocycles. The van der Waals surface area contributed by atoms with Crippen LogP contribution in [0.3, 0.4) is 0 Å². The van der Waals surface area contributed by atoms with E-state index in [1.807, 2.05) is 0 Å². The van der Waals surface area contributed by atoms with E-state index < -0.39 is 0 Å². The Morgan fingerprint density at radius 3 is 2.44 bits per heavy atom. The van der Waals surface area contributed by atoms with Crippen molar-refractivity contribution in [2.24, 2.45) is 0 Å². The SMILES string of the molecule is C=C(CCN1CCCCC1)c1ccccc1. The van der Waals surface area contributed by atoms with Crippen LogP contribution >= 0.6 is 0 Å². The Bertz CT molecular complexity index is 323. The van der Waals surface area contributed by atoms with Crippen LogP contribution in [-0.2, 0) is 0 Å². The molecule has 0 amide bonds. The number of piperidine rings is 1. The van der Waals surface area contributed by atoms with Crippen molar-refractivity contribution < 1.29 is 0 Å². The Balaban J connectivity index is 1.79. The summed E-state index contributed by atoms with van der Waals surface area (Å²) in [7, 11) is 0. The Kier molecular flexibility index (Phi) is 4.17. The van der Waals surface area contributed by atoms with Crippen LogP contribution in [0.2, 0.25) is 0 Å². The Morgan fingerprint density at radius 2 is 1.75 bits per heavy atom. The molecule has 0 radical (unpaired) electrons.